The Balaban J connectivity index is 1.89. The zero-order valence-electron chi connectivity index (χ0n) is 18.7. The Bertz CT molecular complexity index is 1460. The van der Waals surface area contributed by atoms with Crippen molar-refractivity contribution in [1.82, 2.24) is 4.57 Å². The molecule has 1 unspecified atom stereocenters. The van der Waals surface area contributed by atoms with Gasteiger partial charge in [0.15, 0.2) is 4.80 Å². The highest BCUT2D eigenvalue weighted by Crippen LogP contribution is 2.31. The van der Waals surface area contributed by atoms with E-state index in [1.54, 1.807) is 37.3 Å². The molecule has 0 aliphatic carbocycles. The third-order valence-corrected chi connectivity index (χ3v) is 6.11. The van der Waals surface area contributed by atoms with Crippen LogP contribution in [0.3, 0.4) is 0 Å². The first kappa shape index (κ1) is 23.1. The van der Waals surface area contributed by atoms with Crippen LogP contribution in [-0.2, 0) is 14.3 Å². The van der Waals surface area contributed by atoms with Gasteiger partial charge in [-0.1, -0.05) is 66.5 Å². The molecule has 1 atom stereocenters. The van der Waals surface area contributed by atoms with Crippen molar-refractivity contribution < 1.29 is 19.1 Å². The van der Waals surface area contributed by atoms with Crippen LogP contribution in [0.25, 0.3) is 6.08 Å². The van der Waals surface area contributed by atoms with Crippen molar-refractivity contribution in [3.63, 3.8) is 0 Å². The molecule has 172 valence electrons. The number of hydrogen-bond donors (Lipinski definition) is 0. The number of allylic oxidation sites excluding steroid dienone is 1. The monoisotopic (exact) mass is 474 g/mol. The van der Waals surface area contributed by atoms with Crippen molar-refractivity contribution in [2.45, 2.75) is 19.9 Å². The second-order valence-electron chi connectivity index (χ2n) is 7.54. The summed E-state index contributed by atoms with van der Waals surface area (Å²) in [7, 11) is 0. The topological polar surface area (TPSA) is 87.0 Å². The highest BCUT2D eigenvalue weighted by Gasteiger charge is 2.33. The Labute approximate surface area is 199 Å². The van der Waals surface area contributed by atoms with E-state index in [4.69, 9.17) is 9.47 Å². The molecule has 1 aliphatic heterocycles. The number of hydrogen-bond acceptors (Lipinski definition) is 7. The van der Waals surface area contributed by atoms with Gasteiger partial charge in [0.05, 0.1) is 21.8 Å². The molecule has 0 saturated heterocycles. The summed E-state index contributed by atoms with van der Waals surface area (Å²) in [5.41, 5.74) is 2.01. The molecular formula is C26H22N2O5S. The van der Waals surface area contributed by atoms with Crippen LogP contribution in [0.15, 0.2) is 88.3 Å². The lowest BCUT2D eigenvalue weighted by atomic mass is 9.96. The molecule has 8 heteroatoms. The van der Waals surface area contributed by atoms with Gasteiger partial charge in [-0.15, -0.1) is 0 Å². The molecule has 0 N–H and O–H groups in total. The molecular weight excluding hydrogens is 452 g/mol. The van der Waals surface area contributed by atoms with Crippen LogP contribution in [-0.4, -0.2) is 23.1 Å². The van der Waals surface area contributed by atoms with Crippen LogP contribution >= 0.6 is 11.3 Å². The van der Waals surface area contributed by atoms with Crippen LogP contribution in [0.4, 0.5) is 0 Å². The number of aromatic nitrogens is 1. The molecule has 7 nitrogen and oxygen atoms in total. The van der Waals surface area contributed by atoms with Gasteiger partial charge in [-0.25, -0.2) is 9.79 Å². The minimum absolute atomic E-state index is 0.0339. The minimum atomic E-state index is -0.752. The van der Waals surface area contributed by atoms with Gasteiger partial charge in [0.1, 0.15) is 12.4 Å². The second-order valence-corrected chi connectivity index (χ2v) is 8.55. The Morgan fingerprint density at radius 2 is 1.85 bits per heavy atom. The summed E-state index contributed by atoms with van der Waals surface area (Å²) < 4.78 is 12.5. The lowest BCUT2D eigenvalue weighted by Gasteiger charge is -2.24. The maximum atomic E-state index is 13.5. The van der Waals surface area contributed by atoms with E-state index in [0.29, 0.717) is 26.3 Å². The van der Waals surface area contributed by atoms with Gasteiger partial charge in [-0.05, 0) is 36.3 Å². The van der Waals surface area contributed by atoms with Crippen molar-refractivity contribution in [3.8, 4) is 5.75 Å². The van der Waals surface area contributed by atoms with Crippen molar-refractivity contribution in [3.05, 3.63) is 109 Å². The van der Waals surface area contributed by atoms with E-state index in [-0.39, 0.29) is 17.7 Å². The van der Waals surface area contributed by atoms with Gasteiger partial charge < -0.3 is 9.47 Å². The average molecular weight is 475 g/mol. The van der Waals surface area contributed by atoms with E-state index in [9.17, 15) is 14.4 Å². The molecule has 2 aromatic carbocycles. The number of ether oxygens (including phenoxy) is 2. The first-order valence-electron chi connectivity index (χ1n) is 10.5. The summed E-state index contributed by atoms with van der Waals surface area (Å²) >= 11 is 1.26. The van der Waals surface area contributed by atoms with Gasteiger partial charge in [-0.3, -0.25) is 14.2 Å². The average Bonchev–Trinajstić information content (AvgIpc) is 3.12. The molecule has 1 aromatic heterocycles. The van der Waals surface area contributed by atoms with Crippen molar-refractivity contribution in [2.24, 2.45) is 4.99 Å². The molecule has 4 rings (SSSR count). The molecule has 0 amide bonds. The zero-order valence-corrected chi connectivity index (χ0v) is 19.5. The van der Waals surface area contributed by atoms with Crippen molar-refractivity contribution in [1.29, 1.82) is 0 Å². The molecule has 3 aromatic rings. The third-order valence-electron chi connectivity index (χ3n) is 5.13. The summed E-state index contributed by atoms with van der Waals surface area (Å²) in [6.07, 6.45) is 3.28. The highest BCUT2D eigenvalue weighted by atomic mass is 32.1. The number of benzene rings is 2. The van der Waals surface area contributed by atoms with Crippen LogP contribution in [0.1, 0.15) is 31.0 Å². The molecule has 0 fully saturated rings. The second kappa shape index (κ2) is 9.84. The fourth-order valence-corrected chi connectivity index (χ4v) is 4.74. The van der Waals surface area contributed by atoms with Gasteiger partial charge in [-0.2, -0.15) is 0 Å². The number of thiazole rings is 1. The first-order valence-corrected chi connectivity index (χ1v) is 11.3. The van der Waals surface area contributed by atoms with Gasteiger partial charge in [0.2, 0.25) is 0 Å². The summed E-state index contributed by atoms with van der Waals surface area (Å²) in [6, 6.07) is 15.5. The number of rotatable bonds is 6. The highest BCUT2D eigenvalue weighted by molar-refractivity contribution is 7.07. The van der Waals surface area contributed by atoms with E-state index in [1.807, 2.05) is 30.3 Å². The smallest absolute Gasteiger partial charge is 0.338 e. The molecule has 0 radical (unpaired) electrons. The molecule has 1 aliphatic rings. The Hall–Kier alpha value is -4.04. The summed E-state index contributed by atoms with van der Waals surface area (Å²) in [5.74, 6) is -0.650. The van der Waals surface area contributed by atoms with Gasteiger partial charge in [0, 0.05) is 6.92 Å². The molecule has 34 heavy (non-hydrogen) atoms. The van der Waals surface area contributed by atoms with E-state index in [0.717, 1.165) is 5.56 Å². The fourth-order valence-electron chi connectivity index (χ4n) is 3.70. The van der Waals surface area contributed by atoms with Crippen LogP contribution in [0.2, 0.25) is 0 Å². The van der Waals surface area contributed by atoms with E-state index in [2.05, 4.69) is 11.6 Å². The summed E-state index contributed by atoms with van der Waals surface area (Å²) in [4.78, 5) is 42.9. The van der Waals surface area contributed by atoms with Crippen molar-refractivity contribution in [2.75, 3.05) is 6.61 Å². The Morgan fingerprint density at radius 1 is 1.15 bits per heavy atom. The predicted octanol–water partition coefficient (Wildman–Crippen LogP) is 2.89. The quantitative estimate of drug-likeness (QED) is 0.312. The number of fused-ring (bicyclic) bond motifs is 1. The predicted molar refractivity (Wildman–Crippen MR) is 129 cm³/mol. The molecule has 0 spiro atoms. The normalized spacial score (nSPS) is 15.4. The largest absolute Gasteiger partial charge is 0.458 e. The lowest BCUT2D eigenvalue weighted by Crippen LogP contribution is -2.39. The first-order chi connectivity index (χ1) is 16.4. The van der Waals surface area contributed by atoms with E-state index in [1.165, 1.54) is 28.9 Å². The maximum Gasteiger partial charge on any atom is 0.338 e. The maximum absolute atomic E-state index is 13.5. The van der Waals surface area contributed by atoms with E-state index >= 15 is 0 Å². The summed E-state index contributed by atoms with van der Waals surface area (Å²) in [5, 5.41) is 0. The van der Waals surface area contributed by atoms with Crippen LogP contribution in [0.5, 0.6) is 5.75 Å². The number of nitrogens with zero attached hydrogens (tertiary/aromatic N) is 2. The fraction of sp³-hybridized carbons (Fsp3) is 0.154. The number of carbonyl (C=O) groups excluding carboxylic acids is 2. The van der Waals surface area contributed by atoms with Crippen LogP contribution < -0.4 is 19.6 Å². The minimum Gasteiger partial charge on any atom is -0.458 e. The molecule has 2 heterocycles. The summed E-state index contributed by atoms with van der Waals surface area (Å²) in [6.45, 7) is 6.66. The zero-order chi connectivity index (χ0) is 24.2. The standard InChI is InChI=1S/C26H22N2O5S/c1-4-14-32-25(31)22-16(2)27-26-28(23(22)19-10-12-20(13-11-19)33-17(3)29)24(30)21(34-26)15-18-8-6-5-7-9-18/h4-13,15,23H,1,14H2,2-3H3. The molecule has 0 saturated carbocycles. The Kier molecular flexibility index (Phi) is 6.70. The Morgan fingerprint density at radius 3 is 2.50 bits per heavy atom. The lowest BCUT2D eigenvalue weighted by molar-refractivity contribution is -0.138. The van der Waals surface area contributed by atoms with Gasteiger partial charge >= 0.3 is 11.9 Å². The number of carbonyl (C=O) groups is 2. The molecule has 0 bridgehead atoms. The van der Waals surface area contributed by atoms with Crippen LogP contribution in [0, 0.1) is 0 Å². The van der Waals surface area contributed by atoms with E-state index < -0.39 is 18.0 Å². The number of esters is 2. The third kappa shape index (κ3) is 4.67. The SMILES string of the molecule is C=CCOC(=O)C1=C(C)N=c2sc(=Cc3ccccc3)c(=O)n2C1c1ccc(OC(C)=O)cc1. The van der Waals surface area contributed by atoms with Crippen molar-refractivity contribution >= 4 is 29.4 Å². The van der Waals surface area contributed by atoms with Gasteiger partial charge in [0.25, 0.3) is 5.56 Å².